The molecule has 0 radical (unpaired) electrons. The maximum absolute atomic E-state index is 11.9. The number of carbonyl (C=O) groups is 1. The van der Waals surface area contributed by atoms with Gasteiger partial charge in [-0.15, -0.1) is 0 Å². The molecule has 1 atom stereocenters. The third kappa shape index (κ3) is 4.70. The number of rotatable bonds is 7. The second-order valence-corrected chi connectivity index (χ2v) is 5.51. The standard InChI is InChI=1S/C17H23N3O2/c1-12(2)22-10-9-16(21)19-13(3)17-18-11-15(20-17)14-7-5-4-6-8-14/h4-8,11-13H,9-10H2,1-3H3,(H,18,20)(H,19,21)/t13-/m0/s1. The Labute approximate surface area is 131 Å². The number of imidazole rings is 1. The average Bonchev–Trinajstić information content (AvgIpc) is 2.97. The Morgan fingerprint density at radius 2 is 2.00 bits per heavy atom. The fourth-order valence-electron chi connectivity index (χ4n) is 2.09. The molecule has 0 spiro atoms. The molecule has 0 aliphatic rings. The summed E-state index contributed by atoms with van der Waals surface area (Å²) in [6.07, 6.45) is 2.29. The molecule has 1 aromatic carbocycles. The highest BCUT2D eigenvalue weighted by Gasteiger charge is 2.13. The van der Waals surface area contributed by atoms with Crippen LogP contribution < -0.4 is 5.32 Å². The first-order valence-corrected chi connectivity index (χ1v) is 7.57. The number of benzene rings is 1. The summed E-state index contributed by atoms with van der Waals surface area (Å²) in [5.41, 5.74) is 2.02. The van der Waals surface area contributed by atoms with Gasteiger partial charge in [-0.25, -0.2) is 4.98 Å². The summed E-state index contributed by atoms with van der Waals surface area (Å²) >= 11 is 0. The fraction of sp³-hybridized carbons (Fsp3) is 0.412. The highest BCUT2D eigenvalue weighted by Crippen LogP contribution is 2.18. The van der Waals surface area contributed by atoms with E-state index in [1.165, 1.54) is 0 Å². The summed E-state index contributed by atoms with van der Waals surface area (Å²) in [6, 6.07) is 9.81. The van der Waals surface area contributed by atoms with Crippen molar-refractivity contribution in [2.24, 2.45) is 0 Å². The third-order valence-electron chi connectivity index (χ3n) is 3.25. The van der Waals surface area contributed by atoms with Crippen LogP contribution in [0.25, 0.3) is 11.3 Å². The van der Waals surface area contributed by atoms with Gasteiger partial charge in [0.25, 0.3) is 0 Å². The first-order chi connectivity index (χ1) is 10.6. The van der Waals surface area contributed by atoms with Gasteiger partial charge in [-0.05, 0) is 26.3 Å². The van der Waals surface area contributed by atoms with Gasteiger partial charge in [-0.1, -0.05) is 30.3 Å². The Kier molecular flexibility index (Phi) is 5.72. The van der Waals surface area contributed by atoms with Crippen LogP contribution in [0.15, 0.2) is 36.5 Å². The number of amides is 1. The zero-order chi connectivity index (χ0) is 15.9. The topological polar surface area (TPSA) is 67.0 Å². The summed E-state index contributed by atoms with van der Waals surface area (Å²) in [4.78, 5) is 19.5. The van der Waals surface area contributed by atoms with Crippen LogP contribution in [0.5, 0.6) is 0 Å². The highest BCUT2D eigenvalue weighted by atomic mass is 16.5. The lowest BCUT2D eigenvalue weighted by Gasteiger charge is -2.12. The van der Waals surface area contributed by atoms with E-state index < -0.39 is 0 Å². The molecule has 0 bridgehead atoms. The molecule has 2 N–H and O–H groups in total. The quantitative estimate of drug-likeness (QED) is 0.826. The van der Waals surface area contributed by atoms with Gasteiger partial charge in [-0.3, -0.25) is 4.79 Å². The van der Waals surface area contributed by atoms with Gasteiger partial charge >= 0.3 is 0 Å². The number of hydrogen-bond donors (Lipinski definition) is 2. The summed E-state index contributed by atoms with van der Waals surface area (Å²) in [7, 11) is 0. The number of nitrogens with one attached hydrogen (secondary N) is 2. The lowest BCUT2D eigenvalue weighted by molar-refractivity contribution is -0.123. The molecule has 5 nitrogen and oxygen atoms in total. The number of aromatic amines is 1. The van der Waals surface area contributed by atoms with Gasteiger partial charge in [-0.2, -0.15) is 0 Å². The summed E-state index contributed by atoms with van der Waals surface area (Å²) in [5.74, 6) is 0.711. The van der Waals surface area contributed by atoms with E-state index in [0.29, 0.717) is 13.0 Å². The van der Waals surface area contributed by atoms with Crippen LogP contribution in [0, 0.1) is 0 Å². The molecule has 22 heavy (non-hydrogen) atoms. The van der Waals surface area contributed by atoms with Gasteiger partial charge < -0.3 is 15.0 Å². The molecule has 0 aliphatic heterocycles. The van der Waals surface area contributed by atoms with E-state index in [9.17, 15) is 4.79 Å². The van der Waals surface area contributed by atoms with Crippen LogP contribution in [-0.2, 0) is 9.53 Å². The summed E-state index contributed by atoms with van der Waals surface area (Å²) in [5, 5.41) is 2.92. The van der Waals surface area contributed by atoms with Gasteiger partial charge in [0.05, 0.1) is 30.6 Å². The molecule has 2 aromatic rings. The van der Waals surface area contributed by atoms with Crippen LogP contribution in [-0.4, -0.2) is 28.6 Å². The molecular weight excluding hydrogens is 278 g/mol. The molecule has 0 saturated heterocycles. The van der Waals surface area contributed by atoms with E-state index in [-0.39, 0.29) is 18.1 Å². The molecule has 5 heteroatoms. The van der Waals surface area contributed by atoms with Crippen molar-refractivity contribution in [1.29, 1.82) is 0 Å². The predicted molar refractivity (Wildman–Crippen MR) is 86.3 cm³/mol. The minimum atomic E-state index is -0.163. The summed E-state index contributed by atoms with van der Waals surface area (Å²) in [6.45, 7) is 6.25. The Morgan fingerprint density at radius 1 is 1.27 bits per heavy atom. The Balaban J connectivity index is 1.89. The van der Waals surface area contributed by atoms with Crippen molar-refractivity contribution >= 4 is 5.91 Å². The van der Waals surface area contributed by atoms with E-state index in [0.717, 1.165) is 17.1 Å². The van der Waals surface area contributed by atoms with Crippen molar-refractivity contribution in [3.8, 4) is 11.3 Å². The smallest absolute Gasteiger partial charge is 0.222 e. The molecule has 1 heterocycles. The zero-order valence-electron chi connectivity index (χ0n) is 13.3. The molecule has 0 saturated carbocycles. The van der Waals surface area contributed by atoms with Crippen molar-refractivity contribution in [3.63, 3.8) is 0 Å². The number of aromatic nitrogens is 2. The maximum Gasteiger partial charge on any atom is 0.222 e. The van der Waals surface area contributed by atoms with E-state index in [2.05, 4.69) is 15.3 Å². The molecule has 0 fully saturated rings. The monoisotopic (exact) mass is 301 g/mol. The second-order valence-electron chi connectivity index (χ2n) is 5.51. The van der Waals surface area contributed by atoms with Crippen molar-refractivity contribution in [1.82, 2.24) is 15.3 Å². The number of H-pyrrole nitrogens is 1. The number of carbonyl (C=O) groups excluding carboxylic acids is 1. The van der Waals surface area contributed by atoms with Crippen LogP contribution >= 0.6 is 0 Å². The lowest BCUT2D eigenvalue weighted by atomic mass is 10.2. The van der Waals surface area contributed by atoms with Gasteiger partial charge in [0.15, 0.2) is 0 Å². The minimum Gasteiger partial charge on any atom is -0.378 e. The maximum atomic E-state index is 11.9. The largest absolute Gasteiger partial charge is 0.378 e. The Morgan fingerprint density at radius 3 is 2.68 bits per heavy atom. The predicted octanol–water partition coefficient (Wildman–Crippen LogP) is 3.07. The summed E-state index contributed by atoms with van der Waals surface area (Å²) < 4.78 is 5.38. The first-order valence-electron chi connectivity index (χ1n) is 7.57. The van der Waals surface area contributed by atoms with E-state index in [1.54, 1.807) is 6.20 Å². The average molecular weight is 301 g/mol. The Bertz CT molecular complexity index is 593. The van der Waals surface area contributed by atoms with Gasteiger partial charge in [0.1, 0.15) is 5.82 Å². The number of hydrogen-bond acceptors (Lipinski definition) is 3. The first kappa shape index (κ1) is 16.2. The van der Waals surface area contributed by atoms with Crippen LogP contribution in [0.4, 0.5) is 0 Å². The molecule has 1 amide bonds. The normalized spacial score (nSPS) is 12.4. The Hall–Kier alpha value is -2.14. The van der Waals surface area contributed by atoms with Crippen LogP contribution in [0.3, 0.4) is 0 Å². The van der Waals surface area contributed by atoms with Crippen molar-refractivity contribution in [3.05, 3.63) is 42.4 Å². The number of ether oxygens (including phenoxy) is 1. The molecule has 0 aliphatic carbocycles. The molecule has 118 valence electrons. The molecule has 2 rings (SSSR count). The van der Waals surface area contributed by atoms with Crippen molar-refractivity contribution in [2.75, 3.05) is 6.61 Å². The van der Waals surface area contributed by atoms with Crippen molar-refractivity contribution < 1.29 is 9.53 Å². The van der Waals surface area contributed by atoms with Gasteiger partial charge in [0, 0.05) is 6.42 Å². The van der Waals surface area contributed by atoms with E-state index >= 15 is 0 Å². The number of nitrogens with zero attached hydrogens (tertiary/aromatic N) is 1. The zero-order valence-corrected chi connectivity index (χ0v) is 13.3. The van der Waals surface area contributed by atoms with E-state index in [1.807, 2.05) is 51.1 Å². The van der Waals surface area contributed by atoms with Gasteiger partial charge in [0.2, 0.25) is 5.91 Å². The van der Waals surface area contributed by atoms with Crippen LogP contribution in [0.1, 0.15) is 39.1 Å². The fourth-order valence-corrected chi connectivity index (χ4v) is 2.09. The van der Waals surface area contributed by atoms with Crippen molar-refractivity contribution in [2.45, 2.75) is 39.3 Å². The highest BCUT2D eigenvalue weighted by molar-refractivity contribution is 5.76. The SMILES string of the molecule is CC(C)OCCC(=O)N[C@@H](C)c1ncc(-c2ccccc2)[nH]1. The second kappa shape index (κ2) is 7.75. The minimum absolute atomic E-state index is 0.0363. The third-order valence-corrected chi connectivity index (χ3v) is 3.25. The van der Waals surface area contributed by atoms with Crippen LogP contribution in [0.2, 0.25) is 0 Å². The van der Waals surface area contributed by atoms with E-state index in [4.69, 9.17) is 4.74 Å². The molecule has 0 unspecified atom stereocenters. The molecule has 1 aromatic heterocycles. The lowest BCUT2D eigenvalue weighted by Crippen LogP contribution is -2.28. The molecular formula is C17H23N3O2.